The molecule has 4 rings (SSSR count). The maximum absolute atomic E-state index is 13.2. The number of halogens is 2. The zero-order chi connectivity index (χ0) is 22.7. The maximum atomic E-state index is 13.2. The molecule has 0 bridgehead atoms. The van der Waals surface area contributed by atoms with Crippen LogP contribution in [0.15, 0.2) is 47.6 Å². The number of benzene rings is 2. The lowest BCUT2D eigenvalue weighted by molar-refractivity contribution is -0.120. The Hall–Kier alpha value is -2.28. The molecule has 0 aromatic heterocycles. The van der Waals surface area contributed by atoms with Gasteiger partial charge in [-0.25, -0.2) is 5.01 Å². The van der Waals surface area contributed by atoms with Crippen LogP contribution in [0.5, 0.6) is 5.75 Å². The minimum atomic E-state index is -0.188. The van der Waals surface area contributed by atoms with Gasteiger partial charge < -0.3 is 4.74 Å². The van der Waals surface area contributed by atoms with Gasteiger partial charge in [-0.2, -0.15) is 5.10 Å². The molecule has 2 atom stereocenters. The molecule has 8 heteroatoms. The number of anilines is 1. The summed E-state index contributed by atoms with van der Waals surface area (Å²) in [5.41, 5.74) is 5.27. The molecular weight excluding hydrogens is 447 g/mol. The molecule has 0 radical (unpaired) electrons. The average molecular weight is 475 g/mol. The van der Waals surface area contributed by atoms with Crippen molar-refractivity contribution in [1.82, 2.24) is 10.4 Å². The van der Waals surface area contributed by atoms with Crippen molar-refractivity contribution in [2.75, 3.05) is 24.7 Å². The molecule has 2 aromatic carbocycles. The molecule has 0 aliphatic carbocycles. The Balaban J connectivity index is 1.66. The van der Waals surface area contributed by atoms with Crippen molar-refractivity contribution in [2.24, 2.45) is 11.0 Å². The number of nitrogens with one attached hydrogen (secondary N) is 1. The molecule has 2 heterocycles. The van der Waals surface area contributed by atoms with Gasteiger partial charge in [0.25, 0.3) is 5.91 Å². The number of hydrogen-bond acceptors (Lipinski definition) is 5. The number of piperidine rings is 1. The Morgan fingerprint density at radius 1 is 1.12 bits per heavy atom. The van der Waals surface area contributed by atoms with Crippen molar-refractivity contribution in [3.63, 3.8) is 0 Å². The fourth-order valence-electron chi connectivity index (χ4n) is 4.32. The Morgan fingerprint density at radius 2 is 1.84 bits per heavy atom. The third kappa shape index (κ3) is 4.87. The minimum Gasteiger partial charge on any atom is -0.494 e. The second-order valence-corrected chi connectivity index (χ2v) is 8.99. The Labute approximate surface area is 199 Å². The van der Waals surface area contributed by atoms with E-state index in [0.717, 1.165) is 37.2 Å². The molecule has 2 aliphatic heterocycles. The van der Waals surface area contributed by atoms with Gasteiger partial charge in [0.2, 0.25) is 0 Å². The summed E-state index contributed by atoms with van der Waals surface area (Å²) in [5, 5.41) is 9.63. The molecule has 1 N–H and O–H groups in total. The Bertz CT molecular complexity index is 990. The number of carbonyl (C=O) groups is 1. The number of hydrogen-bond donors (Lipinski definition) is 1. The SMILES string of the molecule is CCOc1ccc([C@@H]2[C@H](C)C(C(=O)NN3CCCCC3)=NN2c2ccc(Cl)cc2Cl)cc1. The molecule has 1 saturated heterocycles. The normalized spacial score (nSPS) is 21.4. The van der Waals surface area contributed by atoms with Gasteiger partial charge in [-0.15, -0.1) is 0 Å². The number of carbonyl (C=O) groups excluding carboxylic acids is 1. The van der Waals surface area contributed by atoms with Crippen LogP contribution in [-0.2, 0) is 4.79 Å². The zero-order valence-electron chi connectivity index (χ0n) is 18.4. The van der Waals surface area contributed by atoms with E-state index in [2.05, 4.69) is 5.43 Å². The van der Waals surface area contributed by atoms with E-state index in [1.807, 2.05) is 54.2 Å². The molecule has 2 aliphatic rings. The van der Waals surface area contributed by atoms with Gasteiger partial charge in [0.05, 0.1) is 23.4 Å². The van der Waals surface area contributed by atoms with Crippen molar-refractivity contribution in [3.05, 3.63) is 58.1 Å². The van der Waals surface area contributed by atoms with E-state index in [9.17, 15) is 4.79 Å². The van der Waals surface area contributed by atoms with Gasteiger partial charge in [0.15, 0.2) is 0 Å². The first-order valence-corrected chi connectivity index (χ1v) is 11.8. The quantitative estimate of drug-likeness (QED) is 0.603. The van der Waals surface area contributed by atoms with E-state index < -0.39 is 0 Å². The fraction of sp³-hybridized carbons (Fsp3) is 0.417. The van der Waals surface area contributed by atoms with Gasteiger partial charge in [-0.05, 0) is 55.7 Å². The summed E-state index contributed by atoms with van der Waals surface area (Å²) in [6.07, 6.45) is 3.37. The standard InChI is InChI=1S/C24H28Cl2N4O2/c1-3-32-19-10-7-17(8-11-19)23-16(2)22(24(31)28-29-13-5-4-6-14-29)27-30(23)21-12-9-18(25)15-20(21)26/h7-12,15-16,23H,3-6,13-14H2,1-2H3,(H,28,31)/t16-,23+/m1/s1. The summed E-state index contributed by atoms with van der Waals surface area (Å²) in [7, 11) is 0. The highest BCUT2D eigenvalue weighted by atomic mass is 35.5. The molecule has 0 saturated carbocycles. The van der Waals surface area contributed by atoms with Crippen molar-refractivity contribution >= 4 is 40.5 Å². The molecule has 0 spiro atoms. The van der Waals surface area contributed by atoms with Gasteiger partial charge in [-0.1, -0.05) is 48.7 Å². The predicted octanol–water partition coefficient (Wildman–Crippen LogP) is 5.46. The summed E-state index contributed by atoms with van der Waals surface area (Å²) < 4.78 is 5.59. The van der Waals surface area contributed by atoms with Crippen molar-refractivity contribution in [1.29, 1.82) is 0 Å². The molecular formula is C24H28Cl2N4O2. The van der Waals surface area contributed by atoms with Crippen LogP contribution in [-0.4, -0.2) is 36.3 Å². The van der Waals surface area contributed by atoms with Crippen molar-refractivity contribution in [3.8, 4) is 5.75 Å². The van der Waals surface area contributed by atoms with Crippen molar-refractivity contribution in [2.45, 2.75) is 39.2 Å². The van der Waals surface area contributed by atoms with E-state index in [0.29, 0.717) is 28.1 Å². The monoisotopic (exact) mass is 474 g/mol. The van der Waals surface area contributed by atoms with E-state index >= 15 is 0 Å². The van der Waals surface area contributed by atoms with Crippen LogP contribution in [0, 0.1) is 5.92 Å². The second kappa shape index (κ2) is 10.1. The van der Waals surface area contributed by atoms with E-state index in [1.54, 1.807) is 12.1 Å². The number of hydrazine groups is 1. The summed E-state index contributed by atoms with van der Waals surface area (Å²) in [6.45, 7) is 6.32. The van der Waals surface area contributed by atoms with Crippen LogP contribution < -0.4 is 15.2 Å². The predicted molar refractivity (Wildman–Crippen MR) is 129 cm³/mol. The lowest BCUT2D eigenvalue weighted by atomic mass is 9.91. The number of hydrazone groups is 1. The first-order chi connectivity index (χ1) is 15.5. The topological polar surface area (TPSA) is 57.2 Å². The number of rotatable bonds is 6. The van der Waals surface area contributed by atoms with E-state index in [1.165, 1.54) is 6.42 Å². The Morgan fingerprint density at radius 3 is 2.50 bits per heavy atom. The highest BCUT2D eigenvalue weighted by Crippen LogP contribution is 2.42. The minimum absolute atomic E-state index is 0.149. The summed E-state index contributed by atoms with van der Waals surface area (Å²) in [5.74, 6) is 0.495. The van der Waals surface area contributed by atoms with Crippen LogP contribution >= 0.6 is 23.2 Å². The second-order valence-electron chi connectivity index (χ2n) is 8.15. The molecule has 0 unspecified atom stereocenters. The third-order valence-corrected chi connectivity index (χ3v) is 6.46. The molecule has 32 heavy (non-hydrogen) atoms. The molecule has 1 amide bonds. The largest absolute Gasteiger partial charge is 0.494 e. The van der Waals surface area contributed by atoms with Gasteiger partial charge >= 0.3 is 0 Å². The lowest BCUT2D eigenvalue weighted by Gasteiger charge is -2.28. The van der Waals surface area contributed by atoms with Crippen LogP contribution in [0.3, 0.4) is 0 Å². The molecule has 1 fully saturated rings. The van der Waals surface area contributed by atoms with Crippen molar-refractivity contribution < 1.29 is 9.53 Å². The first-order valence-electron chi connectivity index (χ1n) is 11.1. The fourth-order valence-corrected chi connectivity index (χ4v) is 4.81. The van der Waals surface area contributed by atoms with E-state index in [-0.39, 0.29) is 17.9 Å². The smallest absolute Gasteiger partial charge is 0.282 e. The highest BCUT2D eigenvalue weighted by Gasteiger charge is 2.40. The molecule has 6 nitrogen and oxygen atoms in total. The first kappa shape index (κ1) is 22.9. The average Bonchev–Trinajstić information content (AvgIpc) is 3.12. The third-order valence-electron chi connectivity index (χ3n) is 5.92. The molecule has 2 aromatic rings. The van der Waals surface area contributed by atoms with Crippen LogP contribution in [0.25, 0.3) is 0 Å². The maximum Gasteiger partial charge on any atom is 0.282 e. The van der Waals surface area contributed by atoms with Crippen LogP contribution in [0.2, 0.25) is 10.0 Å². The highest BCUT2D eigenvalue weighted by molar-refractivity contribution is 6.41. The lowest BCUT2D eigenvalue weighted by Crippen LogP contribution is -2.48. The Kier molecular flexibility index (Phi) is 7.23. The van der Waals surface area contributed by atoms with Gasteiger partial charge in [-0.3, -0.25) is 15.2 Å². The number of amides is 1. The number of nitrogens with zero attached hydrogens (tertiary/aromatic N) is 3. The summed E-state index contributed by atoms with van der Waals surface area (Å²) >= 11 is 12.7. The van der Waals surface area contributed by atoms with Gasteiger partial charge in [0, 0.05) is 24.0 Å². The van der Waals surface area contributed by atoms with Crippen LogP contribution in [0.4, 0.5) is 5.69 Å². The summed E-state index contributed by atoms with van der Waals surface area (Å²) in [6, 6.07) is 13.1. The number of ether oxygens (including phenoxy) is 1. The van der Waals surface area contributed by atoms with Gasteiger partial charge in [0.1, 0.15) is 11.5 Å². The van der Waals surface area contributed by atoms with Crippen LogP contribution in [0.1, 0.15) is 44.7 Å². The summed E-state index contributed by atoms with van der Waals surface area (Å²) in [4.78, 5) is 13.2. The molecule has 170 valence electrons. The van der Waals surface area contributed by atoms with E-state index in [4.69, 9.17) is 33.0 Å². The zero-order valence-corrected chi connectivity index (χ0v) is 19.9.